The molecular weight excluding hydrogens is 396 g/mol. The summed E-state index contributed by atoms with van der Waals surface area (Å²) in [5, 5.41) is 4.27. The van der Waals surface area contributed by atoms with Crippen LogP contribution in [0.2, 0.25) is 0 Å². The molecule has 2 aromatic heterocycles. The van der Waals surface area contributed by atoms with Gasteiger partial charge in [-0.25, -0.2) is 18.7 Å². The fourth-order valence-electron chi connectivity index (χ4n) is 3.12. The van der Waals surface area contributed by atoms with Gasteiger partial charge in [0.25, 0.3) is 0 Å². The third-order valence-electron chi connectivity index (χ3n) is 4.66. The van der Waals surface area contributed by atoms with Crippen molar-refractivity contribution < 1.29 is 13.3 Å². The van der Waals surface area contributed by atoms with Crippen molar-refractivity contribution in [1.29, 1.82) is 0 Å². The third-order valence-corrected chi connectivity index (χ3v) is 5.18. The van der Waals surface area contributed by atoms with E-state index in [4.69, 9.17) is 10.3 Å². The van der Waals surface area contributed by atoms with Crippen molar-refractivity contribution in [2.45, 2.75) is 32.7 Å². The highest BCUT2D eigenvalue weighted by molar-refractivity contribution is 8.13. The van der Waals surface area contributed by atoms with Crippen LogP contribution < -0.4 is 5.73 Å². The number of nitrogens with zero attached hydrogens (tertiary/aromatic N) is 4. The van der Waals surface area contributed by atoms with Crippen LogP contribution in [-0.4, -0.2) is 26.5 Å². The van der Waals surface area contributed by atoms with Crippen molar-refractivity contribution in [3.63, 3.8) is 0 Å². The summed E-state index contributed by atoms with van der Waals surface area (Å²) in [6, 6.07) is 1.73. The van der Waals surface area contributed by atoms with Crippen LogP contribution in [0.3, 0.4) is 0 Å². The van der Waals surface area contributed by atoms with E-state index in [1.807, 2.05) is 13.8 Å². The summed E-state index contributed by atoms with van der Waals surface area (Å²) < 4.78 is 34.4. The molecule has 2 N–H and O–H groups in total. The molecule has 0 amide bonds. The lowest BCUT2D eigenvalue weighted by molar-refractivity contribution is 0.392. The van der Waals surface area contributed by atoms with E-state index in [9.17, 15) is 8.78 Å². The van der Waals surface area contributed by atoms with E-state index in [2.05, 4.69) is 20.1 Å². The van der Waals surface area contributed by atoms with E-state index in [1.165, 1.54) is 36.5 Å². The van der Waals surface area contributed by atoms with E-state index in [1.54, 1.807) is 6.26 Å². The van der Waals surface area contributed by atoms with Crippen LogP contribution in [-0.2, 0) is 6.42 Å². The number of benzene rings is 1. The Morgan fingerprint density at radius 3 is 2.55 bits per heavy atom. The molecule has 0 aliphatic carbocycles. The molecule has 1 aromatic carbocycles. The molecule has 1 atom stereocenters. The van der Waals surface area contributed by atoms with Crippen LogP contribution in [0.15, 0.2) is 40.4 Å². The van der Waals surface area contributed by atoms with Gasteiger partial charge in [-0.1, -0.05) is 16.9 Å². The zero-order valence-electron chi connectivity index (χ0n) is 16.3. The van der Waals surface area contributed by atoms with Gasteiger partial charge in [0.1, 0.15) is 23.7 Å². The Morgan fingerprint density at radius 1 is 1.21 bits per heavy atom. The van der Waals surface area contributed by atoms with Crippen LogP contribution in [0.5, 0.6) is 0 Å². The number of aliphatic imine (C=N–C) groups is 1. The quantitative estimate of drug-likeness (QED) is 0.473. The van der Waals surface area contributed by atoms with E-state index < -0.39 is 17.7 Å². The second kappa shape index (κ2) is 9.13. The molecule has 29 heavy (non-hydrogen) atoms. The molecule has 0 unspecified atom stereocenters. The fourth-order valence-corrected chi connectivity index (χ4v) is 3.35. The summed E-state index contributed by atoms with van der Waals surface area (Å²) in [4.78, 5) is 12.3. The number of hydrogen-bond donors (Lipinski definition) is 1. The van der Waals surface area contributed by atoms with E-state index in [-0.39, 0.29) is 11.1 Å². The van der Waals surface area contributed by atoms with E-state index in [0.29, 0.717) is 29.3 Å². The highest BCUT2D eigenvalue weighted by Crippen LogP contribution is 2.32. The Balaban J connectivity index is 2.01. The van der Waals surface area contributed by atoms with Crippen molar-refractivity contribution >= 4 is 16.9 Å². The van der Waals surface area contributed by atoms with Crippen LogP contribution in [0.25, 0.3) is 11.1 Å². The fraction of sp³-hybridized carbons (Fsp3) is 0.300. The lowest BCUT2D eigenvalue weighted by Crippen LogP contribution is -2.11. The predicted octanol–water partition coefficient (Wildman–Crippen LogP) is 4.38. The molecule has 3 rings (SSSR count). The molecule has 0 fully saturated rings. The second-order valence-corrected chi connectivity index (χ2v) is 7.34. The van der Waals surface area contributed by atoms with Gasteiger partial charge in [0.2, 0.25) is 0 Å². The lowest BCUT2D eigenvalue weighted by Gasteiger charge is -2.16. The smallest absolute Gasteiger partial charge is 0.154 e. The average molecular weight is 417 g/mol. The summed E-state index contributed by atoms with van der Waals surface area (Å²) >= 11 is 1.27. The Hall–Kier alpha value is -2.81. The van der Waals surface area contributed by atoms with Gasteiger partial charge in [-0.15, -0.1) is 0 Å². The van der Waals surface area contributed by atoms with Gasteiger partial charge in [0.05, 0.1) is 11.7 Å². The largest absolute Gasteiger partial charge is 0.379 e. The minimum atomic E-state index is -0.688. The standard InChI is InChI=1S/C20H21F2N5OS/c1-11-14(12(2)28-27-11)4-5-19(26-20(23)29-3)16-6-15(17(21)7-18(16)22)13-8-24-10-25-9-13/h6-10,19H,4-5H2,1-3H3,(H2,23,26)/t19-/m0/s1. The molecule has 0 aliphatic rings. The lowest BCUT2D eigenvalue weighted by atomic mass is 9.95. The van der Waals surface area contributed by atoms with E-state index in [0.717, 1.165) is 17.3 Å². The maximum absolute atomic E-state index is 14.8. The minimum absolute atomic E-state index is 0.210. The van der Waals surface area contributed by atoms with Gasteiger partial charge in [0, 0.05) is 40.7 Å². The number of aromatic nitrogens is 3. The number of nitrogens with two attached hydrogens (primary N) is 1. The number of amidine groups is 1. The minimum Gasteiger partial charge on any atom is -0.379 e. The summed E-state index contributed by atoms with van der Waals surface area (Å²) in [6.07, 6.45) is 7.12. The first-order chi connectivity index (χ1) is 13.9. The molecule has 0 saturated heterocycles. The Bertz CT molecular complexity index is 1000. The Labute approximate surface area is 171 Å². The number of rotatable bonds is 6. The molecule has 0 bridgehead atoms. The first kappa shape index (κ1) is 20.9. The second-order valence-electron chi connectivity index (χ2n) is 6.51. The average Bonchev–Trinajstić information content (AvgIpc) is 3.03. The predicted molar refractivity (Wildman–Crippen MR) is 110 cm³/mol. The molecule has 6 nitrogen and oxygen atoms in total. The Kier molecular flexibility index (Phi) is 6.58. The van der Waals surface area contributed by atoms with Crippen LogP contribution in [0.1, 0.15) is 35.0 Å². The molecule has 152 valence electrons. The van der Waals surface area contributed by atoms with Crippen molar-refractivity contribution in [2.75, 3.05) is 6.26 Å². The van der Waals surface area contributed by atoms with Gasteiger partial charge >= 0.3 is 0 Å². The number of aryl methyl sites for hydroxylation is 2. The summed E-state index contributed by atoms with van der Waals surface area (Å²) in [5.41, 5.74) is 8.57. The number of halogens is 2. The number of hydrogen-bond acceptors (Lipinski definition) is 6. The van der Waals surface area contributed by atoms with Gasteiger partial charge in [-0.05, 0) is 39.0 Å². The van der Waals surface area contributed by atoms with Gasteiger partial charge in [-0.2, -0.15) is 0 Å². The maximum Gasteiger partial charge on any atom is 0.154 e. The van der Waals surface area contributed by atoms with Crippen LogP contribution in [0, 0.1) is 25.5 Å². The SMILES string of the molecule is CSC(N)=N[C@@H](CCc1c(C)noc1C)c1cc(-c2cncnc2)c(F)cc1F. The monoisotopic (exact) mass is 417 g/mol. The molecule has 0 radical (unpaired) electrons. The topological polar surface area (TPSA) is 90.2 Å². The van der Waals surface area contributed by atoms with Gasteiger partial charge in [0.15, 0.2) is 5.17 Å². The van der Waals surface area contributed by atoms with Gasteiger partial charge < -0.3 is 10.3 Å². The molecule has 0 spiro atoms. The molecule has 2 heterocycles. The summed E-state index contributed by atoms with van der Waals surface area (Å²) in [6.45, 7) is 3.68. The molecule has 3 aromatic rings. The van der Waals surface area contributed by atoms with Crippen molar-refractivity contribution in [3.05, 3.63) is 65.1 Å². The summed E-state index contributed by atoms with van der Waals surface area (Å²) in [7, 11) is 0. The highest BCUT2D eigenvalue weighted by atomic mass is 32.2. The van der Waals surface area contributed by atoms with Crippen molar-refractivity contribution in [1.82, 2.24) is 15.1 Å². The number of thioether (sulfide) groups is 1. The molecule has 9 heteroatoms. The molecular formula is C20H21F2N5OS. The summed E-state index contributed by atoms with van der Waals surface area (Å²) in [5.74, 6) is -0.651. The third kappa shape index (κ3) is 4.79. The normalized spacial score (nSPS) is 12.9. The first-order valence-electron chi connectivity index (χ1n) is 8.94. The Morgan fingerprint density at radius 2 is 1.93 bits per heavy atom. The zero-order chi connectivity index (χ0) is 21.0. The highest BCUT2D eigenvalue weighted by Gasteiger charge is 2.21. The maximum atomic E-state index is 14.8. The van der Waals surface area contributed by atoms with Crippen LogP contribution >= 0.6 is 11.8 Å². The van der Waals surface area contributed by atoms with E-state index >= 15 is 0 Å². The van der Waals surface area contributed by atoms with Crippen molar-refractivity contribution in [3.8, 4) is 11.1 Å². The van der Waals surface area contributed by atoms with Gasteiger partial charge in [-0.3, -0.25) is 4.99 Å². The van der Waals surface area contributed by atoms with Crippen molar-refractivity contribution in [2.24, 2.45) is 10.7 Å². The first-order valence-corrected chi connectivity index (χ1v) is 10.2. The molecule has 0 aliphatic heterocycles. The van der Waals surface area contributed by atoms with Crippen LogP contribution in [0.4, 0.5) is 8.78 Å². The zero-order valence-corrected chi connectivity index (χ0v) is 17.1. The molecule has 0 saturated carbocycles.